The molecule has 1 saturated carbocycles. The Morgan fingerprint density at radius 3 is 2.40 bits per heavy atom. The summed E-state index contributed by atoms with van der Waals surface area (Å²) in [5.74, 6) is 1.84. The van der Waals surface area contributed by atoms with Gasteiger partial charge in [0.25, 0.3) is 5.91 Å². The highest BCUT2D eigenvalue weighted by Gasteiger charge is 2.28. The third-order valence-corrected chi connectivity index (χ3v) is 8.67. The molecule has 0 spiro atoms. The summed E-state index contributed by atoms with van der Waals surface area (Å²) in [6.07, 6.45) is 4.12. The Morgan fingerprint density at radius 2 is 1.67 bits per heavy atom. The quantitative estimate of drug-likeness (QED) is 0.284. The molecule has 8 nitrogen and oxygen atoms in total. The Morgan fingerprint density at radius 1 is 0.952 bits per heavy atom. The molecule has 6 rings (SSSR count). The largest absolute Gasteiger partial charge is 0.362 e. The zero-order valence-electron chi connectivity index (χ0n) is 24.5. The maximum Gasteiger partial charge on any atom is 0.258 e. The lowest BCUT2D eigenvalue weighted by Crippen LogP contribution is -2.36. The van der Waals surface area contributed by atoms with Crippen LogP contribution in [0.15, 0.2) is 72.8 Å². The number of fused-ring (bicyclic) bond motifs is 2. The van der Waals surface area contributed by atoms with Gasteiger partial charge in [0.2, 0.25) is 11.9 Å². The van der Waals surface area contributed by atoms with Crippen LogP contribution in [0.4, 0.5) is 17.5 Å². The highest BCUT2D eigenvalue weighted by Crippen LogP contribution is 2.31. The van der Waals surface area contributed by atoms with Crippen molar-refractivity contribution in [2.75, 3.05) is 35.8 Å². The fraction of sp³-hybridized carbons (Fsp3) is 0.353. The van der Waals surface area contributed by atoms with Gasteiger partial charge >= 0.3 is 0 Å². The van der Waals surface area contributed by atoms with Gasteiger partial charge in [0.05, 0.1) is 18.0 Å². The van der Waals surface area contributed by atoms with E-state index in [2.05, 4.69) is 16.7 Å². The van der Waals surface area contributed by atoms with Gasteiger partial charge in [-0.3, -0.25) is 9.59 Å². The van der Waals surface area contributed by atoms with E-state index in [0.29, 0.717) is 31.0 Å². The summed E-state index contributed by atoms with van der Waals surface area (Å²) in [5.41, 5.74) is 4.55. The first-order valence-electron chi connectivity index (χ1n) is 14.9. The summed E-state index contributed by atoms with van der Waals surface area (Å²) in [4.78, 5) is 39.2. The summed E-state index contributed by atoms with van der Waals surface area (Å²) < 4.78 is 0. The molecule has 2 N–H and O–H groups in total. The number of carbonyl (C=O) groups is 2. The Bertz CT molecular complexity index is 1590. The molecule has 0 saturated heterocycles. The lowest BCUT2D eigenvalue weighted by atomic mass is 9.86. The van der Waals surface area contributed by atoms with Crippen LogP contribution in [-0.2, 0) is 11.3 Å². The van der Waals surface area contributed by atoms with E-state index in [1.165, 1.54) is 0 Å². The molecule has 1 fully saturated rings. The van der Waals surface area contributed by atoms with E-state index in [4.69, 9.17) is 9.97 Å². The standard InChI is InChI=1S/C34H38N6O2/c1-22(24-14-18-27(19-15-24)40-21-25-8-4-5-9-28(25)33(40)42)32(41)35-20-23-12-16-26(17-13-23)36-34-37-30-11-7-6-10-29(30)31(38-34)39(2)3/h4-11,14-15,18-19,22-23,26H,12-13,16-17,20-21H2,1-3H3,(H,35,41)(H,36,37,38). The maximum atomic E-state index is 13.0. The van der Waals surface area contributed by atoms with E-state index in [1.807, 2.05) is 92.6 Å². The lowest BCUT2D eigenvalue weighted by Gasteiger charge is -2.30. The minimum atomic E-state index is -0.264. The van der Waals surface area contributed by atoms with Crippen LogP contribution in [0.2, 0.25) is 0 Å². The number of carbonyl (C=O) groups excluding carboxylic acids is 2. The smallest absolute Gasteiger partial charge is 0.258 e. The van der Waals surface area contributed by atoms with Crippen LogP contribution in [0, 0.1) is 5.92 Å². The molecule has 42 heavy (non-hydrogen) atoms. The van der Waals surface area contributed by atoms with Crippen LogP contribution < -0.4 is 20.4 Å². The Labute approximate surface area is 247 Å². The van der Waals surface area contributed by atoms with E-state index < -0.39 is 0 Å². The van der Waals surface area contributed by atoms with Crippen molar-refractivity contribution in [1.82, 2.24) is 15.3 Å². The molecule has 1 aliphatic carbocycles. The summed E-state index contributed by atoms with van der Waals surface area (Å²) >= 11 is 0. The zero-order chi connectivity index (χ0) is 29.2. The SMILES string of the molecule is CC(C(=O)NCC1CCC(Nc2nc(N(C)C)c3ccccc3n2)CC1)c1ccc(N2Cc3ccccc3C2=O)cc1. The molecule has 8 heteroatoms. The van der Waals surface area contributed by atoms with Crippen LogP contribution in [0.3, 0.4) is 0 Å². The second-order valence-corrected chi connectivity index (χ2v) is 11.8. The number of nitrogens with one attached hydrogen (secondary N) is 2. The molecular weight excluding hydrogens is 524 g/mol. The van der Waals surface area contributed by atoms with Crippen molar-refractivity contribution >= 4 is 40.2 Å². The first-order chi connectivity index (χ1) is 20.4. The monoisotopic (exact) mass is 562 g/mol. The van der Waals surface area contributed by atoms with Crippen LogP contribution in [0.25, 0.3) is 10.9 Å². The minimum absolute atomic E-state index is 0.0252. The number of nitrogens with zero attached hydrogens (tertiary/aromatic N) is 4. The first-order valence-corrected chi connectivity index (χ1v) is 14.9. The molecule has 2 amide bonds. The van der Waals surface area contributed by atoms with Crippen molar-refractivity contribution in [3.63, 3.8) is 0 Å². The normalized spacial score (nSPS) is 18.9. The van der Waals surface area contributed by atoms with Crippen molar-refractivity contribution in [2.24, 2.45) is 5.92 Å². The lowest BCUT2D eigenvalue weighted by molar-refractivity contribution is -0.122. The molecule has 3 aromatic carbocycles. The first kappa shape index (κ1) is 27.7. The number of aromatic nitrogens is 2. The van der Waals surface area contributed by atoms with E-state index in [1.54, 1.807) is 4.90 Å². The van der Waals surface area contributed by atoms with Crippen LogP contribution in [-0.4, -0.2) is 48.5 Å². The summed E-state index contributed by atoms with van der Waals surface area (Å²) in [6.45, 7) is 3.20. The number of benzene rings is 3. The van der Waals surface area contributed by atoms with Crippen molar-refractivity contribution in [2.45, 2.75) is 51.1 Å². The van der Waals surface area contributed by atoms with Gasteiger partial charge in [0, 0.05) is 43.3 Å². The number of para-hydroxylation sites is 1. The van der Waals surface area contributed by atoms with Gasteiger partial charge in [-0.05, 0) is 80.0 Å². The molecule has 2 aliphatic rings. The van der Waals surface area contributed by atoms with Gasteiger partial charge in [0.15, 0.2) is 0 Å². The highest BCUT2D eigenvalue weighted by molar-refractivity contribution is 6.10. The molecule has 4 aromatic rings. The van der Waals surface area contributed by atoms with Gasteiger partial charge < -0.3 is 20.4 Å². The van der Waals surface area contributed by atoms with Gasteiger partial charge in [-0.1, -0.05) is 42.5 Å². The number of hydrogen-bond acceptors (Lipinski definition) is 6. The maximum absolute atomic E-state index is 13.0. The molecule has 0 bridgehead atoms. The van der Waals surface area contributed by atoms with Crippen LogP contribution in [0.1, 0.15) is 60.0 Å². The second kappa shape index (κ2) is 11.8. The fourth-order valence-electron chi connectivity index (χ4n) is 6.11. The highest BCUT2D eigenvalue weighted by atomic mass is 16.2. The molecule has 2 heterocycles. The van der Waals surface area contributed by atoms with Crippen LogP contribution >= 0.6 is 0 Å². The summed E-state index contributed by atoms with van der Waals surface area (Å²) in [7, 11) is 4.01. The van der Waals surface area contributed by atoms with Crippen LogP contribution in [0.5, 0.6) is 0 Å². The third-order valence-electron chi connectivity index (χ3n) is 8.67. The molecule has 1 atom stereocenters. The predicted molar refractivity (Wildman–Crippen MR) is 168 cm³/mol. The van der Waals surface area contributed by atoms with Gasteiger partial charge in [-0.25, -0.2) is 4.98 Å². The average Bonchev–Trinajstić information content (AvgIpc) is 3.36. The summed E-state index contributed by atoms with van der Waals surface area (Å²) in [6, 6.07) is 24.0. The van der Waals surface area contributed by atoms with E-state index in [-0.39, 0.29) is 17.7 Å². The van der Waals surface area contributed by atoms with Gasteiger partial charge in [-0.15, -0.1) is 0 Å². The molecule has 1 unspecified atom stereocenters. The Hall–Kier alpha value is -4.46. The zero-order valence-corrected chi connectivity index (χ0v) is 24.5. The predicted octanol–water partition coefficient (Wildman–Crippen LogP) is 5.75. The molecule has 0 radical (unpaired) electrons. The molecule has 1 aliphatic heterocycles. The third kappa shape index (κ3) is 5.66. The van der Waals surface area contributed by atoms with Crippen molar-refractivity contribution in [3.8, 4) is 0 Å². The summed E-state index contributed by atoms with van der Waals surface area (Å²) in [5, 5.41) is 7.80. The van der Waals surface area contributed by atoms with Gasteiger partial charge in [0.1, 0.15) is 5.82 Å². The molecule has 1 aromatic heterocycles. The van der Waals surface area contributed by atoms with E-state index in [0.717, 1.165) is 64.8 Å². The molecular formula is C34H38N6O2. The van der Waals surface area contributed by atoms with E-state index in [9.17, 15) is 9.59 Å². The second-order valence-electron chi connectivity index (χ2n) is 11.8. The topological polar surface area (TPSA) is 90.5 Å². The Balaban J connectivity index is 0.986. The number of rotatable bonds is 8. The van der Waals surface area contributed by atoms with Crippen molar-refractivity contribution in [3.05, 3.63) is 89.5 Å². The van der Waals surface area contributed by atoms with E-state index >= 15 is 0 Å². The number of amides is 2. The van der Waals surface area contributed by atoms with Crippen molar-refractivity contribution in [1.29, 1.82) is 0 Å². The minimum Gasteiger partial charge on any atom is -0.362 e. The van der Waals surface area contributed by atoms with Crippen molar-refractivity contribution < 1.29 is 9.59 Å². The molecule has 216 valence electrons. The number of anilines is 3. The number of hydrogen-bond donors (Lipinski definition) is 2. The van der Waals surface area contributed by atoms with Gasteiger partial charge in [-0.2, -0.15) is 4.98 Å². The fourth-order valence-corrected chi connectivity index (χ4v) is 6.11. The average molecular weight is 563 g/mol. The Kier molecular flexibility index (Phi) is 7.78.